The van der Waals surface area contributed by atoms with Gasteiger partial charge in [0, 0.05) is 58.4 Å². The van der Waals surface area contributed by atoms with Crippen molar-refractivity contribution in [2.45, 2.75) is 58.3 Å². The highest BCUT2D eigenvalue weighted by Gasteiger charge is 2.36. The Bertz CT molecular complexity index is 1440. The zero-order valence-corrected chi connectivity index (χ0v) is 23.0. The van der Waals surface area contributed by atoms with Crippen molar-refractivity contribution in [3.05, 3.63) is 57.8 Å². The van der Waals surface area contributed by atoms with Crippen LogP contribution in [0, 0.1) is 17.1 Å². The zero-order valence-electron chi connectivity index (χ0n) is 23.0. The van der Waals surface area contributed by atoms with Gasteiger partial charge in [-0.3, -0.25) is 19.2 Å². The van der Waals surface area contributed by atoms with Crippen LogP contribution in [0.4, 0.5) is 10.1 Å². The molecular formula is C28H36FN7O2. The Hall–Kier alpha value is -3.71. The number of amides is 1. The van der Waals surface area contributed by atoms with Crippen LogP contribution < -0.4 is 10.5 Å². The third-order valence-electron chi connectivity index (χ3n) is 7.77. The Morgan fingerprint density at radius 2 is 1.92 bits per heavy atom. The molecule has 10 heteroatoms. The number of aromatic nitrogens is 3. The molecule has 0 N–H and O–H groups in total. The van der Waals surface area contributed by atoms with Crippen LogP contribution in [0.25, 0.3) is 11.0 Å². The number of benzene rings is 1. The minimum Gasteiger partial charge on any atom is -0.364 e. The van der Waals surface area contributed by atoms with Crippen LogP contribution >= 0.6 is 0 Å². The predicted octanol–water partition coefficient (Wildman–Crippen LogP) is 3.54. The normalized spacial score (nSPS) is 18.9. The lowest BCUT2D eigenvalue weighted by Crippen LogP contribution is -2.58. The first-order chi connectivity index (χ1) is 18.1. The third-order valence-corrected chi connectivity index (χ3v) is 7.77. The van der Waals surface area contributed by atoms with E-state index < -0.39 is 5.82 Å². The van der Waals surface area contributed by atoms with Crippen LogP contribution in [0.5, 0.6) is 0 Å². The fraction of sp³-hybridized carbons (Fsp3) is 0.500. The quantitative estimate of drug-likeness (QED) is 0.473. The molecule has 3 heterocycles. The number of nitriles is 1. The Balaban J connectivity index is 1.68. The summed E-state index contributed by atoms with van der Waals surface area (Å²) in [6.45, 7) is 7.86. The third kappa shape index (κ3) is 4.90. The Labute approximate surface area is 222 Å². The van der Waals surface area contributed by atoms with Crippen molar-refractivity contribution >= 4 is 22.6 Å². The van der Waals surface area contributed by atoms with E-state index in [0.717, 1.165) is 30.6 Å². The van der Waals surface area contributed by atoms with Crippen LogP contribution in [-0.4, -0.2) is 69.3 Å². The fourth-order valence-corrected chi connectivity index (χ4v) is 5.46. The maximum absolute atomic E-state index is 14.9. The van der Waals surface area contributed by atoms with Crippen LogP contribution in [0.2, 0.25) is 0 Å². The molecular weight excluding hydrogens is 485 g/mol. The second-order valence-corrected chi connectivity index (χ2v) is 10.2. The van der Waals surface area contributed by atoms with E-state index in [1.54, 1.807) is 48.7 Å². The summed E-state index contributed by atoms with van der Waals surface area (Å²) in [7, 11) is 4.94. The van der Waals surface area contributed by atoms with E-state index >= 15 is 0 Å². The van der Waals surface area contributed by atoms with Crippen LogP contribution in [0.3, 0.4) is 0 Å². The van der Waals surface area contributed by atoms with Gasteiger partial charge in [-0.1, -0.05) is 19.9 Å². The average molecular weight is 522 g/mol. The van der Waals surface area contributed by atoms with E-state index in [4.69, 9.17) is 5.26 Å². The molecule has 38 heavy (non-hydrogen) atoms. The molecule has 0 bridgehead atoms. The van der Waals surface area contributed by atoms with E-state index in [9.17, 15) is 14.0 Å². The molecule has 1 aliphatic heterocycles. The van der Waals surface area contributed by atoms with E-state index in [0.29, 0.717) is 17.6 Å². The number of hydrogen-bond acceptors (Lipinski definition) is 6. The van der Waals surface area contributed by atoms with E-state index in [1.165, 1.54) is 11.0 Å². The van der Waals surface area contributed by atoms with Crippen molar-refractivity contribution in [2.24, 2.45) is 7.05 Å². The van der Waals surface area contributed by atoms with Gasteiger partial charge < -0.3 is 14.4 Å². The van der Waals surface area contributed by atoms with Gasteiger partial charge in [-0.05, 0) is 37.5 Å². The lowest BCUT2D eigenvalue weighted by Gasteiger charge is -2.49. The summed E-state index contributed by atoms with van der Waals surface area (Å²) in [6.07, 6.45) is 3.47. The van der Waals surface area contributed by atoms with Gasteiger partial charge in [0.05, 0.1) is 29.0 Å². The van der Waals surface area contributed by atoms with Gasteiger partial charge in [-0.15, -0.1) is 0 Å². The van der Waals surface area contributed by atoms with Crippen molar-refractivity contribution in [1.82, 2.24) is 24.1 Å². The van der Waals surface area contributed by atoms with E-state index in [2.05, 4.69) is 41.7 Å². The summed E-state index contributed by atoms with van der Waals surface area (Å²) in [5, 5.41) is 13.8. The average Bonchev–Trinajstić information content (AvgIpc) is 3.33. The van der Waals surface area contributed by atoms with Crippen LogP contribution in [0.15, 0.2) is 35.3 Å². The highest BCUT2D eigenvalue weighted by molar-refractivity contribution is 5.94. The van der Waals surface area contributed by atoms with Crippen molar-refractivity contribution < 1.29 is 9.18 Å². The molecule has 4 rings (SSSR count). The molecule has 0 saturated carbocycles. The fourth-order valence-electron chi connectivity index (χ4n) is 5.46. The first-order valence-electron chi connectivity index (χ1n) is 13.1. The number of halogens is 1. The molecule has 0 aliphatic carbocycles. The largest absolute Gasteiger partial charge is 0.364 e. The van der Waals surface area contributed by atoms with Crippen molar-refractivity contribution in [3.8, 4) is 6.07 Å². The number of anilines is 1. The number of rotatable bonds is 7. The van der Waals surface area contributed by atoms with Gasteiger partial charge >= 0.3 is 0 Å². The van der Waals surface area contributed by atoms with Crippen molar-refractivity contribution in [1.29, 1.82) is 5.26 Å². The summed E-state index contributed by atoms with van der Waals surface area (Å²) < 4.78 is 18.1. The lowest BCUT2D eigenvalue weighted by atomic mass is 9.96. The van der Waals surface area contributed by atoms with Gasteiger partial charge in [0.2, 0.25) is 0 Å². The molecule has 3 aromatic rings. The monoisotopic (exact) mass is 521 g/mol. The SMILES string of the molecule is CC[C@H]1CN(C(C)c2ccc(C(=O)N(C)C)c(F)c2)[C@H](CC)CN1c1cc(=O)n(C)c2cn(CC#N)nc12. The van der Waals surface area contributed by atoms with Crippen molar-refractivity contribution in [3.63, 3.8) is 0 Å². The standard InChI is InChI=1S/C28H36FN7O2/c1-7-20-16-36(24-14-26(37)33(6)25-17-34(12-11-30)31-27(24)25)21(8-2)15-35(20)18(3)19-9-10-22(23(29)13-19)28(38)32(4)5/h9-10,13-14,17-18,20-21H,7-8,12,15-16H2,1-6H3/t18?,20-,21+/m1/s1. The lowest BCUT2D eigenvalue weighted by molar-refractivity contribution is 0.0822. The van der Waals surface area contributed by atoms with Crippen LogP contribution in [0.1, 0.15) is 55.6 Å². The summed E-state index contributed by atoms with van der Waals surface area (Å²) in [4.78, 5) is 31.2. The topological polar surface area (TPSA) is 90.4 Å². The number of fused-ring (bicyclic) bond motifs is 1. The molecule has 202 valence electrons. The summed E-state index contributed by atoms with van der Waals surface area (Å²) in [5.41, 5.74) is 2.97. The molecule has 9 nitrogen and oxygen atoms in total. The smallest absolute Gasteiger partial charge is 0.256 e. The molecule has 1 amide bonds. The van der Waals surface area contributed by atoms with Gasteiger partial charge in [0.25, 0.3) is 11.5 Å². The molecule has 1 saturated heterocycles. The second kappa shape index (κ2) is 11.0. The molecule has 1 unspecified atom stereocenters. The number of piperazine rings is 1. The number of hydrogen-bond donors (Lipinski definition) is 0. The Morgan fingerprint density at radius 3 is 2.53 bits per heavy atom. The number of carbonyl (C=O) groups is 1. The first-order valence-corrected chi connectivity index (χ1v) is 13.1. The van der Waals surface area contributed by atoms with Crippen LogP contribution in [-0.2, 0) is 13.6 Å². The minimum atomic E-state index is -0.512. The van der Waals surface area contributed by atoms with Gasteiger partial charge in [-0.25, -0.2) is 4.39 Å². The molecule has 0 radical (unpaired) electrons. The molecule has 0 spiro atoms. The first kappa shape index (κ1) is 27.3. The number of pyridine rings is 1. The highest BCUT2D eigenvalue weighted by atomic mass is 19.1. The second-order valence-electron chi connectivity index (χ2n) is 10.2. The molecule has 3 atom stereocenters. The summed E-state index contributed by atoms with van der Waals surface area (Å²) in [6, 6.07) is 8.86. The molecule has 1 fully saturated rings. The summed E-state index contributed by atoms with van der Waals surface area (Å²) >= 11 is 0. The van der Waals surface area contributed by atoms with Crippen molar-refractivity contribution in [2.75, 3.05) is 32.1 Å². The van der Waals surface area contributed by atoms with Gasteiger partial charge in [0.15, 0.2) is 0 Å². The van der Waals surface area contributed by atoms with E-state index in [-0.39, 0.29) is 41.7 Å². The molecule has 1 aromatic carbocycles. The Kier molecular flexibility index (Phi) is 7.88. The number of nitrogens with zero attached hydrogens (tertiary/aromatic N) is 7. The molecule has 2 aromatic heterocycles. The summed E-state index contributed by atoms with van der Waals surface area (Å²) in [5.74, 6) is -0.868. The maximum atomic E-state index is 14.9. The number of carbonyl (C=O) groups excluding carboxylic acids is 1. The predicted molar refractivity (Wildman–Crippen MR) is 146 cm³/mol. The number of aryl methyl sites for hydroxylation is 1. The highest BCUT2D eigenvalue weighted by Crippen LogP contribution is 2.34. The zero-order chi connectivity index (χ0) is 27.7. The maximum Gasteiger partial charge on any atom is 0.256 e. The van der Waals surface area contributed by atoms with Gasteiger partial charge in [-0.2, -0.15) is 10.4 Å². The van der Waals surface area contributed by atoms with E-state index in [1.807, 2.05) is 6.07 Å². The Morgan fingerprint density at radius 1 is 1.21 bits per heavy atom. The minimum absolute atomic E-state index is 0.0624. The molecule has 1 aliphatic rings. The van der Waals surface area contributed by atoms with Gasteiger partial charge in [0.1, 0.15) is 17.9 Å².